The molecule has 0 bridgehead atoms. The smallest absolute Gasteiger partial charge is 0.233 e. The average Bonchev–Trinajstić information content (AvgIpc) is 3.32. The van der Waals surface area contributed by atoms with Gasteiger partial charge in [-0.1, -0.05) is 0 Å². The molecule has 0 radical (unpaired) electrons. The van der Waals surface area contributed by atoms with Crippen molar-refractivity contribution in [3.8, 4) is 11.5 Å². The second-order valence-electron chi connectivity index (χ2n) is 5.30. The van der Waals surface area contributed by atoms with Crippen LogP contribution >= 0.6 is 0 Å². The maximum Gasteiger partial charge on any atom is 0.233 e. The molecule has 0 saturated heterocycles. The van der Waals surface area contributed by atoms with Crippen LogP contribution in [0.15, 0.2) is 24.3 Å². The summed E-state index contributed by atoms with van der Waals surface area (Å²) in [5.41, 5.74) is 0. The van der Waals surface area contributed by atoms with Crippen molar-refractivity contribution in [2.75, 3.05) is 33.4 Å². The standard InChI is InChI=1S/C16H24N2O3/c1-20-14-5-7-15(8-6-14)21-10-2-9-18-16(19)12-17-11-13-3-4-13/h5-8,13,17H,2-4,9-12H2,1H3,(H,18,19). The lowest BCUT2D eigenvalue weighted by atomic mass is 10.3. The maximum atomic E-state index is 11.5. The highest BCUT2D eigenvalue weighted by molar-refractivity contribution is 5.77. The van der Waals surface area contributed by atoms with Crippen molar-refractivity contribution in [2.45, 2.75) is 19.3 Å². The van der Waals surface area contributed by atoms with Gasteiger partial charge in [0, 0.05) is 6.54 Å². The van der Waals surface area contributed by atoms with Crippen molar-refractivity contribution in [1.29, 1.82) is 0 Å². The summed E-state index contributed by atoms with van der Waals surface area (Å²) in [5.74, 6) is 2.48. The highest BCUT2D eigenvalue weighted by Gasteiger charge is 2.20. The lowest BCUT2D eigenvalue weighted by Gasteiger charge is -2.08. The third-order valence-corrected chi connectivity index (χ3v) is 3.39. The summed E-state index contributed by atoms with van der Waals surface area (Å²) < 4.78 is 10.7. The molecule has 1 aromatic rings. The SMILES string of the molecule is COc1ccc(OCCCNC(=O)CNCC2CC2)cc1. The molecule has 0 aromatic heterocycles. The number of hydrogen-bond acceptors (Lipinski definition) is 4. The van der Waals surface area contributed by atoms with Crippen LogP contribution in [0.5, 0.6) is 11.5 Å². The van der Waals surface area contributed by atoms with E-state index in [9.17, 15) is 4.79 Å². The molecule has 0 aliphatic heterocycles. The summed E-state index contributed by atoms with van der Waals surface area (Å²) in [6, 6.07) is 7.48. The van der Waals surface area contributed by atoms with Crippen LogP contribution in [-0.2, 0) is 4.79 Å². The van der Waals surface area contributed by atoms with Gasteiger partial charge in [-0.15, -0.1) is 0 Å². The molecule has 0 heterocycles. The lowest BCUT2D eigenvalue weighted by molar-refractivity contribution is -0.120. The lowest BCUT2D eigenvalue weighted by Crippen LogP contribution is -2.35. The van der Waals surface area contributed by atoms with E-state index in [1.807, 2.05) is 24.3 Å². The molecule has 1 amide bonds. The van der Waals surface area contributed by atoms with E-state index in [1.54, 1.807) is 7.11 Å². The van der Waals surface area contributed by atoms with Crippen molar-refractivity contribution in [3.05, 3.63) is 24.3 Å². The van der Waals surface area contributed by atoms with E-state index in [2.05, 4.69) is 10.6 Å². The molecular weight excluding hydrogens is 268 g/mol. The fourth-order valence-electron chi connectivity index (χ4n) is 1.94. The molecule has 5 heteroatoms. The van der Waals surface area contributed by atoms with Crippen LogP contribution < -0.4 is 20.1 Å². The number of carbonyl (C=O) groups excluding carboxylic acids is 1. The van der Waals surface area contributed by atoms with Gasteiger partial charge in [-0.3, -0.25) is 4.79 Å². The van der Waals surface area contributed by atoms with Crippen LogP contribution in [-0.4, -0.2) is 39.3 Å². The van der Waals surface area contributed by atoms with Gasteiger partial charge in [0.2, 0.25) is 5.91 Å². The average molecular weight is 292 g/mol. The van der Waals surface area contributed by atoms with Crippen molar-refractivity contribution < 1.29 is 14.3 Å². The fourth-order valence-corrected chi connectivity index (χ4v) is 1.94. The highest BCUT2D eigenvalue weighted by atomic mass is 16.5. The summed E-state index contributed by atoms with van der Waals surface area (Å²) in [6.45, 7) is 2.60. The van der Waals surface area contributed by atoms with Crippen LogP contribution in [0.1, 0.15) is 19.3 Å². The number of amides is 1. The van der Waals surface area contributed by atoms with E-state index in [-0.39, 0.29) is 5.91 Å². The predicted molar refractivity (Wildman–Crippen MR) is 81.7 cm³/mol. The van der Waals surface area contributed by atoms with Gasteiger partial charge in [-0.25, -0.2) is 0 Å². The van der Waals surface area contributed by atoms with Gasteiger partial charge in [0.25, 0.3) is 0 Å². The molecule has 116 valence electrons. The van der Waals surface area contributed by atoms with Gasteiger partial charge in [0.15, 0.2) is 0 Å². The molecule has 5 nitrogen and oxygen atoms in total. The van der Waals surface area contributed by atoms with Gasteiger partial charge in [-0.2, -0.15) is 0 Å². The Morgan fingerprint density at radius 3 is 2.62 bits per heavy atom. The van der Waals surface area contributed by atoms with Gasteiger partial charge >= 0.3 is 0 Å². The fraction of sp³-hybridized carbons (Fsp3) is 0.562. The molecule has 2 N–H and O–H groups in total. The third-order valence-electron chi connectivity index (χ3n) is 3.39. The van der Waals surface area contributed by atoms with Gasteiger partial charge < -0.3 is 20.1 Å². The Labute approximate surface area is 126 Å². The Morgan fingerprint density at radius 1 is 1.24 bits per heavy atom. The largest absolute Gasteiger partial charge is 0.497 e. The Balaban J connectivity index is 1.47. The minimum Gasteiger partial charge on any atom is -0.497 e. The molecule has 0 atom stereocenters. The first-order valence-electron chi connectivity index (χ1n) is 7.52. The molecule has 1 fully saturated rings. The number of hydrogen-bond donors (Lipinski definition) is 2. The Morgan fingerprint density at radius 2 is 1.95 bits per heavy atom. The van der Waals surface area contributed by atoms with E-state index in [0.717, 1.165) is 30.4 Å². The normalized spacial score (nSPS) is 13.8. The minimum atomic E-state index is 0.0556. The third kappa shape index (κ3) is 6.49. The molecule has 21 heavy (non-hydrogen) atoms. The van der Waals surface area contributed by atoms with E-state index in [0.29, 0.717) is 19.7 Å². The monoisotopic (exact) mass is 292 g/mol. The first-order chi connectivity index (χ1) is 10.3. The maximum absolute atomic E-state index is 11.5. The summed E-state index contributed by atoms with van der Waals surface area (Å²) in [5, 5.41) is 6.05. The van der Waals surface area contributed by atoms with E-state index < -0.39 is 0 Å². The highest BCUT2D eigenvalue weighted by Crippen LogP contribution is 2.27. The molecule has 1 aliphatic rings. The zero-order chi connectivity index (χ0) is 14.9. The molecular formula is C16H24N2O3. The zero-order valence-corrected chi connectivity index (χ0v) is 12.6. The molecule has 1 aromatic carbocycles. The molecule has 1 aliphatic carbocycles. The van der Waals surface area contributed by atoms with Gasteiger partial charge in [0.05, 0.1) is 20.3 Å². The van der Waals surface area contributed by atoms with E-state index >= 15 is 0 Å². The first-order valence-corrected chi connectivity index (χ1v) is 7.52. The van der Waals surface area contributed by atoms with Crippen LogP contribution in [0.2, 0.25) is 0 Å². The number of ether oxygens (including phenoxy) is 2. The number of methoxy groups -OCH3 is 1. The molecule has 0 unspecified atom stereocenters. The summed E-state index contributed by atoms with van der Waals surface area (Å²) in [4.78, 5) is 11.5. The minimum absolute atomic E-state index is 0.0556. The molecule has 1 saturated carbocycles. The van der Waals surface area contributed by atoms with Crippen LogP contribution in [0, 0.1) is 5.92 Å². The van der Waals surface area contributed by atoms with Crippen LogP contribution in [0.3, 0.4) is 0 Å². The second kappa shape index (κ2) is 8.52. The second-order valence-corrected chi connectivity index (χ2v) is 5.30. The topological polar surface area (TPSA) is 59.6 Å². The summed E-state index contributed by atoms with van der Waals surface area (Å²) in [7, 11) is 1.64. The predicted octanol–water partition coefficient (Wildman–Crippen LogP) is 1.58. The number of rotatable bonds is 10. The Bertz CT molecular complexity index is 430. The molecule has 2 rings (SSSR count). The number of carbonyl (C=O) groups is 1. The van der Waals surface area contributed by atoms with Crippen molar-refractivity contribution >= 4 is 5.91 Å². The summed E-state index contributed by atoms with van der Waals surface area (Å²) >= 11 is 0. The van der Waals surface area contributed by atoms with Crippen molar-refractivity contribution in [3.63, 3.8) is 0 Å². The Hall–Kier alpha value is -1.75. The summed E-state index contributed by atoms with van der Waals surface area (Å²) in [6.07, 6.45) is 3.40. The quantitative estimate of drug-likeness (QED) is 0.643. The zero-order valence-electron chi connectivity index (χ0n) is 12.6. The number of benzene rings is 1. The van der Waals surface area contributed by atoms with Crippen molar-refractivity contribution in [2.24, 2.45) is 5.92 Å². The van der Waals surface area contributed by atoms with Crippen LogP contribution in [0.25, 0.3) is 0 Å². The van der Waals surface area contributed by atoms with Gasteiger partial charge in [0.1, 0.15) is 11.5 Å². The van der Waals surface area contributed by atoms with E-state index in [4.69, 9.17) is 9.47 Å². The van der Waals surface area contributed by atoms with E-state index in [1.165, 1.54) is 12.8 Å². The molecule has 0 spiro atoms. The van der Waals surface area contributed by atoms with Gasteiger partial charge in [-0.05, 0) is 56.0 Å². The van der Waals surface area contributed by atoms with Crippen molar-refractivity contribution in [1.82, 2.24) is 10.6 Å². The first kappa shape index (κ1) is 15.6. The van der Waals surface area contributed by atoms with Crippen LogP contribution in [0.4, 0.5) is 0 Å². The number of nitrogens with one attached hydrogen (secondary N) is 2. The Kier molecular flexibility index (Phi) is 6.34.